The number of carbonyl (C=O) groups excluding carboxylic acids is 3. The van der Waals surface area contributed by atoms with Crippen molar-refractivity contribution in [1.29, 1.82) is 0 Å². The molecule has 0 aliphatic heterocycles. The lowest BCUT2D eigenvalue weighted by atomic mass is 10.2. The molecule has 0 spiro atoms. The first-order valence-corrected chi connectivity index (χ1v) is 7.45. The average molecular weight is 335 g/mol. The van der Waals surface area contributed by atoms with Crippen molar-refractivity contribution in [3.05, 3.63) is 42.1 Å². The number of methoxy groups -OCH3 is 2. The maximum Gasteiger partial charge on any atom is 0.419 e. The van der Waals surface area contributed by atoms with Gasteiger partial charge in [0.2, 0.25) is 0 Å². The zero-order chi connectivity index (χ0) is 17.9. The van der Waals surface area contributed by atoms with Gasteiger partial charge in [-0.3, -0.25) is 0 Å². The van der Waals surface area contributed by atoms with Crippen molar-refractivity contribution in [2.45, 2.75) is 19.8 Å². The van der Waals surface area contributed by atoms with Crippen molar-refractivity contribution in [2.75, 3.05) is 25.7 Å². The Labute approximate surface area is 140 Å². The molecule has 0 radical (unpaired) electrons. The third-order valence-corrected chi connectivity index (χ3v) is 3.01. The van der Waals surface area contributed by atoms with Crippen LogP contribution in [0.4, 0.5) is 10.5 Å². The molecule has 24 heavy (non-hydrogen) atoms. The number of rotatable bonds is 7. The molecule has 1 rings (SSSR count). The van der Waals surface area contributed by atoms with Crippen LogP contribution in [0.2, 0.25) is 0 Å². The highest BCUT2D eigenvalue weighted by Gasteiger charge is 2.28. The first-order chi connectivity index (χ1) is 11.5. The van der Waals surface area contributed by atoms with Crippen LogP contribution in [-0.2, 0) is 23.8 Å². The molecule has 1 aromatic carbocycles. The molecule has 0 aliphatic carbocycles. The van der Waals surface area contributed by atoms with E-state index in [-0.39, 0.29) is 12.3 Å². The SMILES string of the molecule is CCCCOC(=O)N(/C(=C/C(=O)OC)C(=O)OC)c1ccccc1. The molecule has 0 saturated heterocycles. The summed E-state index contributed by atoms with van der Waals surface area (Å²) >= 11 is 0. The van der Waals surface area contributed by atoms with Crippen molar-refractivity contribution < 1.29 is 28.6 Å². The predicted molar refractivity (Wildman–Crippen MR) is 87.3 cm³/mol. The topological polar surface area (TPSA) is 82.1 Å². The number of ether oxygens (including phenoxy) is 3. The van der Waals surface area contributed by atoms with Crippen LogP contribution in [0.1, 0.15) is 19.8 Å². The Morgan fingerprint density at radius 3 is 2.29 bits per heavy atom. The van der Waals surface area contributed by atoms with Crippen LogP contribution in [0, 0.1) is 0 Å². The molecule has 0 saturated carbocycles. The quantitative estimate of drug-likeness (QED) is 0.330. The fourth-order valence-electron chi connectivity index (χ4n) is 1.78. The Morgan fingerprint density at radius 2 is 1.75 bits per heavy atom. The summed E-state index contributed by atoms with van der Waals surface area (Å²) in [6, 6.07) is 8.35. The van der Waals surface area contributed by atoms with Crippen molar-refractivity contribution in [1.82, 2.24) is 0 Å². The van der Waals surface area contributed by atoms with Crippen molar-refractivity contribution in [2.24, 2.45) is 0 Å². The maximum atomic E-state index is 12.5. The summed E-state index contributed by atoms with van der Waals surface area (Å²) in [5.41, 5.74) is 0.0663. The fourth-order valence-corrected chi connectivity index (χ4v) is 1.78. The molecule has 0 unspecified atom stereocenters. The minimum absolute atomic E-state index is 0.200. The van der Waals surface area contributed by atoms with E-state index >= 15 is 0 Å². The first kappa shape index (κ1) is 19.2. The molecule has 0 bridgehead atoms. The highest BCUT2D eigenvalue weighted by molar-refractivity contribution is 6.07. The largest absolute Gasteiger partial charge is 0.466 e. The van der Waals surface area contributed by atoms with Gasteiger partial charge in [-0.05, 0) is 18.6 Å². The third kappa shape index (κ3) is 5.42. The van der Waals surface area contributed by atoms with Crippen molar-refractivity contribution >= 4 is 23.7 Å². The first-order valence-electron chi connectivity index (χ1n) is 7.45. The number of hydrogen-bond acceptors (Lipinski definition) is 6. The highest BCUT2D eigenvalue weighted by atomic mass is 16.6. The van der Waals surface area contributed by atoms with Crippen LogP contribution in [0.5, 0.6) is 0 Å². The van der Waals surface area contributed by atoms with Crippen LogP contribution in [-0.4, -0.2) is 38.9 Å². The molecule has 0 heterocycles. The van der Waals surface area contributed by atoms with E-state index in [2.05, 4.69) is 9.47 Å². The number of anilines is 1. The smallest absolute Gasteiger partial charge is 0.419 e. The van der Waals surface area contributed by atoms with E-state index in [4.69, 9.17) is 4.74 Å². The minimum atomic E-state index is -0.864. The number of benzene rings is 1. The molecule has 0 N–H and O–H groups in total. The van der Waals surface area contributed by atoms with Gasteiger partial charge in [-0.1, -0.05) is 31.5 Å². The third-order valence-electron chi connectivity index (χ3n) is 3.01. The maximum absolute atomic E-state index is 12.5. The molecule has 7 nitrogen and oxygen atoms in total. The van der Waals surface area contributed by atoms with Crippen LogP contribution < -0.4 is 4.90 Å². The Hall–Kier alpha value is -2.83. The Morgan fingerprint density at radius 1 is 1.08 bits per heavy atom. The van der Waals surface area contributed by atoms with E-state index in [1.807, 2.05) is 6.92 Å². The second-order valence-electron chi connectivity index (χ2n) is 4.68. The average Bonchev–Trinajstić information content (AvgIpc) is 2.61. The highest BCUT2D eigenvalue weighted by Crippen LogP contribution is 2.21. The second-order valence-corrected chi connectivity index (χ2v) is 4.68. The molecule has 0 aromatic heterocycles. The Balaban J connectivity index is 3.26. The number of para-hydroxylation sites is 1. The summed E-state index contributed by atoms with van der Waals surface area (Å²) in [4.78, 5) is 37.1. The number of carbonyl (C=O) groups is 3. The monoisotopic (exact) mass is 335 g/mol. The number of nitrogens with zero attached hydrogens (tertiary/aromatic N) is 1. The van der Waals surface area contributed by atoms with Gasteiger partial charge in [-0.25, -0.2) is 19.3 Å². The predicted octanol–water partition coefficient (Wildman–Crippen LogP) is 2.66. The van der Waals surface area contributed by atoms with Gasteiger partial charge in [0.15, 0.2) is 0 Å². The van der Waals surface area contributed by atoms with Gasteiger partial charge < -0.3 is 14.2 Å². The fraction of sp³-hybridized carbons (Fsp3) is 0.353. The van der Waals surface area contributed by atoms with Gasteiger partial charge in [0.1, 0.15) is 5.70 Å². The van der Waals surface area contributed by atoms with E-state index in [1.54, 1.807) is 30.3 Å². The number of amides is 1. The number of unbranched alkanes of at least 4 members (excludes halogenated alkanes) is 1. The summed E-state index contributed by atoms with van der Waals surface area (Å²) < 4.78 is 14.4. The molecule has 7 heteroatoms. The van der Waals surface area contributed by atoms with Gasteiger partial charge in [0, 0.05) is 0 Å². The molecular formula is C17H21NO6. The van der Waals surface area contributed by atoms with Gasteiger partial charge >= 0.3 is 18.0 Å². The van der Waals surface area contributed by atoms with Gasteiger partial charge in [0.25, 0.3) is 0 Å². The summed E-state index contributed by atoms with van der Waals surface area (Å²) in [5, 5.41) is 0. The van der Waals surface area contributed by atoms with E-state index in [0.29, 0.717) is 12.1 Å². The zero-order valence-corrected chi connectivity index (χ0v) is 14.0. The van der Waals surface area contributed by atoms with E-state index in [9.17, 15) is 14.4 Å². The summed E-state index contributed by atoms with van der Waals surface area (Å²) in [5.74, 6) is -1.66. The van der Waals surface area contributed by atoms with Gasteiger partial charge in [0.05, 0.1) is 32.6 Å². The lowest BCUT2D eigenvalue weighted by Crippen LogP contribution is -2.35. The molecular weight excluding hydrogens is 314 g/mol. The molecule has 1 amide bonds. The standard InChI is InChI=1S/C17H21NO6/c1-4-5-11-24-17(21)18(13-9-7-6-8-10-13)14(16(20)23-3)12-15(19)22-2/h6-10,12H,4-5,11H2,1-3H3/b14-12+. The normalized spacial score (nSPS) is 10.7. The Bertz CT molecular complexity index is 596. The molecule has 1 aromatic rings. The lowest BCUT2D eigenvalue weighted by Gasteiger charge is -2.23. The minimum Gasteiger partial charge on any atom is -0.466 e. The van der Waals surface area contributed by atoms with Crippen LogP contribution in [0.3, 0.4) is 0 Å². The summed E-state index contributed by atoms with van der Waals surface area (Å²) in [6.07, 6.45) is 1.64. The molecule has 130 valence electrons. The number of hydrogen-bond donors (Lipinski definition) is 0. The summed E-state index contributed by atoms with van der Waals surface area (Å²) in [6.45, 7) is 2.16. The Kier molecular flexibility index (Phi) is 8.04. The van der Waals surface area contributed by atoms with Crippen molar-refractivity contribution in [3.63, 3.8) is 0 Å². The molecule has 0 fully saturated rings. The number of esters is 2. The second kappa shape index (κ2) is 10.0. The van der Waals surface area contributed by atoms with Gasteiger partial charge in [-0.15, -0.1) is 0 Å². The molecule has 0 atom stereocenters. The molecule has 0 aliphatic rings. The zero-order valence-electron chi connectivity index (χ0n) is 14.0. The van der Waals surface area contributed by atoms with Gasteiger partial charge in [-0.2, -0.15) is 0 Å². The summed E-state index contributed by atoms with van der Waals surface area (Å²) in [7, 11) is 2.32. The van der Waals surface area contributed by atoms with Crippen LogP contribution in [0.25, 0.3) is 0 Å². The van der Waals surface area contributed by atoms with Crippen LogP contribution in [0.15, 0.2) is 42.1 Å². The van der Waals surface area contributed by atoms with Crippen molar-refractivity contribution in [3.8, 4) is 0 Å². The van der Waals surface area contributed by atoms with E-state index in [0.717, 1.165) is 24.5 Å². The lowest BCUT2D eigenvalue weighted by molar-refractivity contribution is -0.138. The van der Waals surface area contributed by atoms with E-state index in [1.165, 1.54) is 7.11 Å². The van der Waals surface area contributed by atoms with Crippen LogP contribution >= 0.6 is 0 Å². The van der Waals surface area contributed by atoms with E-state index < -0.39 is 18.0 Å².